The molecule has 1 aromatic heterocycles. The molecular weight excluding hydrogens is 254 g/mol. The molecule has 96 valence electrons. The lowest BCUT2D eigenvalue weighted by atomic mass is 10.1. The predicted molar refractivity (Wildman–Crippen MR) is 68.6 cm³/mol. The first-order chi connectivity index (χ1) is 8.66. The zero-order valence-corrected chi connectivity index (χ0v) is 10.8. The fourth-order valence-corrected chi connectivity index (χ4v) is 2.27. The normalized spacial score (nSPS) is 12.6. The van der Waals surface area contributed by atoms with Crippen LogP contribution in [0.4, 0.5) is 8.78 Å². The Labute approximate surface area is 109 Å². The maximum atomic E-state index is 13.1. The lowest BCUT2D eigenvalue weighted by Gasteiger charge is -2.14. The number of rotatable bonds is 5. The summed E-state index contributed by atoms with van der Waals surface area (Å²) >= 11 is 1.57. The quantitative estimate of drug-likeness (QED) is 0.900. The highest BCUT2D eigenvalue weighted by Crippen LogP contribution is 2.15. The first-order valence-corrected chi connectivity index (χ1v) is 6.66. The van der Waals surface area contributed by atoms with Crippen molar-refractivity contribution in [1.29, 1.82) is 0 Å². The minimum Gasteiger partial charge on any atom is -0.310 e. The molecule has 0 radical (unpaired) electrons. The minimum atomic E-state index is -0.812. The number of thiazole rings is 1. The molecule has 5 heteroatoms. The van der Waals surface area contributed by atoms with Crippen LogP contribution in [-0.2, 0) is 6.42 Å². The molecule has 2 nitrogen and oxygen atoms in total. The second-order valence-corrected chi connectivity index (χ2v) is 4.80. The Bertz CT molecular complexity index is 500. The van der Waals surface area contributed by atoms with Gasteiger partial charge in [0.25, 0.3) is 0 Å². The van der Waals surface area contributed by atoms with E-state index in [1.807, 2.05) is 12.3 Å². The van der Waals surface area contributed by atoms with Crippen LogP contribution < -0.4 is 5.32 Å². The van der Waals surface area contributed by atoms with Crippen LogP contribution >= 0.6 is 11.3 Å². The van der Waals surface area contributed by atoms with Crippen molar-refractivity contribution in [1.82, 2.24) is 10.3 Å². The highest BCUT2D eigenvalue weighted by atomic mass is 32.1. The summed E-state index contributed by atoms with van der Waals surface area (Å²) in [7, 11) is 0. The molecule has 2 aromatic rings. The smallest absolute Gasteiger partial charge is 0.159 e. The molecule has 1 N–H and O–H groups in total. The van der Waals surface area contributed by atoms with Crippen LogP contribution in [0.1, 0.15) is 24.2 Å². The van der Waals surface area contributed by atoms with E-state index in [4.69, 9.17) is 0 Å². The van der Waals surface area contributed by atoms with Crippen LogP contribution in [0.2, 0.25) is 0 Å². The number of hydrogen-bond donors (Lipinski definition) is 1. The number of benzene rings is 1. The number of nitrogens with one attached hydrogen (secondary N) is 1. The van der Waals surface area contributed by atoms with Crippen molar-refractivity contribution in [2.24, 2.45) is 0 Å². The Morgan fingerprint density at radius 1 is 1.33 bits per heavy atom. The van der Waals surface area contributed by atoms with Gasteiger partial charge < -0.3 is 5.32 Å². The zero-order valence-electron chi connectivity index (χ0n) is 9.99. The third-order valence-electron chi connectivity index (χ3n) is 2.76. The third-order valence-corrected chi connectivity index (χ3v) is 3.39. The molecular formula is C13H14F2N2S. The summed E-state index contributed by atoms with van der Waals surface area (Å²) < 4.78 is 25.9. The number of nitrogens with zero attached hydrogens (tertiary/aromatic N) is 1. The second kappa shape index (κ2) is 6.02. The Morgan fingerprint density at radius 3 is 2.83 bits per heavy atom. The standard InChI is InChI=1S/C13H14F2N2S/c1-9(10-2-3-12(14)13(15)6-10)16-5-4-11-7-18-8-17-11/h2-3,6-9,16H,4-5H2,1H3. The molecule has 0 saturated carbocycles. The molecule has 2 rings (SSSR count). The van der Waals surface area contributed by atoms with Gasteiger partial charge in [0.15, 0.2) is 11.6 Å². The molecule has 0 amide bonds. The predicted octanol–water partition coefficient (Wildman–Crippen LogP) is 3.31. The van der Waals surface area contributed by atoms with Gasteiger partial charge in [-0.25, -0.2) is 13.8 Å². The van der Waals surface area contributed by atoms with Gasteiger partial charge >= 0.3 is 0 Å². The van der Waals surface area contributed by atoms with E-state index in [1.54, 1.807) is 22.9 Å². The van der Waals surface area contributed by atoms with E-state index in [-0.39, 0.29) is 6.04 Å². The monoisotopic (exact) mass is 268 g/mol. The van der Waals surface area contributed by atoms with E-state index in [9.17, 15) is 8.78 Å². The average molecular weight is 268 g/mol. The van der Waals surface area contributed by atoms with Crippen molar-refractivity contribution >= 4 is 11.3 Å². The molecule has 1 atom stereocenters. The zero-order chi connectivity index (χ0) is 13.0. The summed E-state index contributed by atoms with van der Waals surface area (Å²) in [5.74, 6) is -1.62. The summed E-state index contributed by atoms with van der Waals surface area (Å²) in [6.07, 6.45) is 0.831. The lowest BCUT2D eigenvalue weighted by molar-refractivity contribution is 0.501. The molecule has 0 fully saturated rings. The molecule has 1 aromatic carbocycles. The summed E-state index contributed by atoms with van der Waals surface area (Å²) in [6.45, 7) is 2.68. The Morgan fingerprint density at radius 2 is 2.17 bits per heavy atom. The van der Waals surface area contributed by atoms with Crippen LogP contribution in [0.15, 0.2) is 29.1 Å². The van der Waals surface area contributed by atoms with E-state index < -0.39 is 11.6 Å². The highest BCUT2D eigenvalue weighted by Gasteiger charge is 2.08. The third kappa shape index (κ3) is 3.34. The molecule has 0 aliphatic carbocycles. The summed E-state index contributed by atoms with van der Waals surface area (Å²) in [5, 5.41) is 5.26. The van der Waals surface area contributed by atoms with Gasteiger partial charge in [-0.05, 0) is 24.6 Å². The van der Waals surface area contributed by atoms with E-state index in [0.717, 1.165) is 30.3 Å². The van der Waals surface area contributed by atoms with Crippen molar-refractivity contribution in [3.05, 3.63) is 52.0 Å². The molecule has 0 bridgehead atoms. The number of hydrogen-bond acceptors (Lipinski definition) is 3. The molecule has 0 spiro atoms. The van der Waals surface area contributed by atoms with E-state index >= 15 is 0 Å². The molecule has 1 unspecified atom stereocenters. The molecule has 0 aliphatic rings. The fourth-order valence-electron chi connectivity index (χ4n) is 1.68. The topological polar surface area (TPSA) is 24.9 Å². The first-order valence-electron chi connectivity index (χ1n) is 5.72. The SMILES string of the molecule is CC(NCCc1cscn1)c1ccc(F)c(F)c1. The van der Waals surface area contributed by atoms with Crippen molar-refractivity contribution in [2.75, 3.05) is 6.54 Å². The van der Waals surface area contributed by atoms with E-state index in [2.05, 4.69) is 10.3 Å². The Kier molecular flexibility index (Phi) is 4.38. The van der Waals surface area contributed by atoms with Crippen molar-refractivity contribution in [2.45, 2.75) is 19.4 Å². The van der Waals surface area contributed by atoms with E-state index in [0.29, 0.717) is 0 Å². The van der Waals surface area contributed by atoms with Crippen LogP contribution in [-0.4, -0.2) is 11.5 Å². The molecule has 0 aliphatic heterocycles. The van der Waals surface area contributed by atoms with Gasteiger partial charge in [-0.15, -0.1) is 11.3 Å². The van der Waals surface area contributed by atoms with Gasteiger partial charge in [-0.3, -0.25) is 0 Å². The fraction of sp³-hybridized carbons (Fsp3) is 0.308. The summed E-state index contributed by atoms with van der Waals surface area (Å²) in [6, 6.07) is 3.97. The Balaban J connectivity index is 1.87. The maximum absolute atomic E-state index is 13.1. The van der Waals surface area contributed by atoms with Crippen LogP contribution in [0.3, 0.4) is 0 Å². The Hall–Kier alpha value is -1.33. The highest BCUT2D eigenvalue weighted by molar-refractivity contribution is 7.07. The van der Waals surface area contributed by atoms with Crippen molar-refractivity contribution < 1.29 is 8.78 Å². The minimum absolute atomic E-state index is 0.0151. The van der Waals surface area contributed by atoms with Gasteiger partial charge in [0.2, 0.25) is 0 Å². The van der Waals surface area contributed by atoms with Crippen molar-refractivity contribution in [3.8, 4) is 0 Å². The van der Waals surface area contributed by atoms with Crippen molar-refractivity contribution in [3.63, 3.8) is 0 Å². The molecule has 0 saturated heterocycles. The first kappa shape index (κ1) is 13.1. The van der Waals surface area contributed by atoms with Crippen LogP contribution in [0.25, 0.3) is 0 Å². The maximum Gasteiger partial charge on any atom is 0.159 e. The van der Waals surface area contributed by atoms with Gasteiger partial charge in [-0.2, -0.15) is 0 Å². The summed E-state index contributed by atoms with van der Waals surface area (Å²) in [5.41, 5.74) is 3.59. The van der Waals surface area contributed by atoms with E-state index in [1.165, 1.54) is 6.07 Å². The largest absolute Gasteiger partial charge is 0.310 e. The van der Waals surface area contributed by atoms with Gasteiger partial charge in [-0.1, -0.05) is 6.07 Å². The van der Waals surface area contributed by atoms with Gasteiger partial charge in [0.1, 0.15) is 0 Å². The van der Waals surface area contributed by atoms with Crippen LogP contribution in [0.5, 0.6) is 0 Å². The molecule has 18 heavy (non-hydrogen) atoms. The summed E-state index contributed by atoms with van der Waals surface area (Å²) in [4.78, 5) is 4.18. The number of aromatic nitrogens is 1. The van der Waals surface area contributed by atoms with Gasteiger partial charge in [0.05, 0.1) is 11.2 Å². The number of halogens is 2. The van der Waals surface area contributed by atoms with Gasteiger partial charge in [0, 0.05) is 24.4 Å². The lowest BCUT2D eigenvalue weighted by Crippen LogP contribution is -2.21. The average Bonchev–Trinajstić information content (AvgIpc) is 2.85. The second-order valence-electron chi connectivity index (χ2n) is 4.08. The molecule has 1 heterocycles. The van der Waals surface area contributed by atoms with Crippen LogP contribution in [0, 0.1) is 11.6 Å².